The number of aromatic nitrogens is 6. The van der Waals surface area contributed by atoms with E-state index in [0.29, 0.717) is 34.9 Å². The lowest BCUT2D eigenvalue weighted by Crippen LogP contribution is -2.02. The van der Waals surface area contributed by atoms with Crippen molar-refractivity contribution in [1.82, 2.24) is 29.9 Å². The summed E-state index contributed by atoms with van der Waals surface area (Å²) in [4.78, 5) is 32.4. The van der Waals surface area contributed by atoms with Crippen LogP contribution in [-0.4, -0.2) is 29.9 Å². The maximum Gasteiger partial charge on any atom is 0.165 e. The lowest BCUT2D eigenvalue weighted by Gasteiger charge is -2.14. The van der Waals surface area contributed by atoms with Crippen molar-refractivity contribution in [3.05, 3.63) is 315 Å². The number of fused-ring (bicyclic) bond motifs is 18. The molecule has 0 bridgehead atoms. The molecule has 15 aromatic carbocycles. The molecule has 0 aliphatic rings. The van der Waals surface area contributed by atoms with Crippen LogP contribution in [-0.2, 0) is 0 Å². The lowest BCUT2D eigenvalue weighted by atomic mass is 9.93. The van der Waals surface area contributed by atoms with Crippen molar-refractivity contribution >= 4 is 160 Å². The van der Waals surface area contributed by atoms with Crippen molar-refractivity contribution in [2.24, 2.45) is 0 Å². The van der Waals surface area contributed by atoms with E-state index in [2.05, 4.69) is 267 Å². The van der Waals surface area contributed by atoms with E-state index < -0.39 is 0 Å². The van der Waals surface area contributed by atoms with Crippen LogP contribution < -0.4 is 0 Å². The Morgan fingerprint density at radius 1 is 0.185 bits per heavy atom. The van der Waals surface area contributed by atoms with Gasteiger partial charge >= 0.3 is 0 Å². The van der Waals surface area contributed by atoms with Crippen LogP contribution in [0.1, 0.15) is 0 Å². The van der Waals surface area contributed by atoms with Crippen LogP contribution in [0.15, 0.2) is 329 Å². The van der Waals surface area contributed by atoms with Gasteiger partial charge in [-0.2, -0.15) is 0 Å². The van der Waals surface area contributed by atoms with E-state index in [0.717, 1.165) is 159 Å². The summed E-state index contributed by atoms with van der Waals surface area (Å²) in [6.45, 7) is 0. The maximum absolute atomic E-state index is 7.14. The molecule has 9 nitrogen and oxygen atoms in total. The highest BCUT2D eigenvalue weighted by Gasteiger charge is 2.28. The van der Waals surface area contributed by atoms with Gasteiger partial charge in [-0.3, -0.25) is 0 Å². The number of rotatable bonds is 10. The van der Waals surface area contributed by atoms with Gasteiger partial charge in [-0.1, -0.05) is 237 Å². The molecule has 502 valence electrons. The van der Waals surface area contributed by atoms with E-state index >= 15 is 0 Å². The van der Waals surface area contributed by atoms with Gasteiger partial charge in [0.2, 0.25) is 0 Å². The zero-order valence-corrected chi connectivity index (χ0v) is 59.6. The first kappa shape index (κ1) is 60.8. The van der Waals surface area contributed by atoms with Crippen LogP contribution in [0.4, 0.5) is 0 Å². The molecular formula is C96H52N6O3S3. The van der Waals surface area contributed by atoms with Crippen LogP contribution in [0, 0.1) is 0 Å². The Labute approximate surface area is 627 Å². The summed E-state index contributed by atoms with van der Waals surface area (Å²) in [5.74, 6) is 3.43. The van der Waals surface area contributed by atoms with Gasteiger partial charge in [-0.15, -0.1) is 34.0 Å². The third-order valence-corrected chi connectivity index (χ3v) is 24.7. The number of hydrogen-bond acceptors (Lipinski definition) is 12. The fourth-order valence-electron chi connectivity index (χ4n) is 16.3. The number of nitrogens with zero attached hydrogens (tertiary/aromatic N) is 6. The standard InChI is InChI=1S/C96H52N6O3S3/c1-3-18-53(19-4-1)54-38-40-56(41-39-54)92-99-94(70-30-17-37-81-85(70)68-24-9-12-35-79(68)106-81)102-96(101-92)89-64(47-49-77-87(89)67-23-7-10-31-73(67)103-77)65-27-13-28-66-72-50-57(44-48-74(72)105-90(65)66)58-42-46-69-83(51-58)108-80-36-16-26-62(84(69)80)63-25-14-32-75-86(63)88-71(29-15-33-76(88)104-75)95-98-91(55-20-5-2-6-21-55)97-93(100-95)59-43-45-61-60-22-8-11-34-78(60)107-82(61)52-59/h1-52H. The summed E-state index contributed by atoms with van der Waals surface area (Å²) in [6, 6.07) is 111. The normalized spacial score (nSPS) is 12.1. The van der Waals surface area contributed by atoms with Crippen molar-refractivity contribution in [2.45, 2.75) is 0 Å². The molecule has 0 N–H and O–H groups in total. The first-order chi connectivity index (χ1) is 53.5. The molecule has 0 saturated carbocycles. The second-order valence-corrected chi connectivity index (χ2v) is 30.7. The Bertz CT molecular complexity index is 7700. The third-order valence-electron chi connectivity index (χ3n) is 21.3. The van der Waals surface area contributed by atoms with Gasteiger partial charge < -0.3 is 13.3 Å². The van der Waals surface area contributed by atoms with Gasteiger partial charge in [0.1, 0.15) is 33.5 Å². The molecule has 23 aromatic rings. The summed E-state index contributed by atoms with van der Waals surface area (Å²) in [6.07, 6.45) is 0. The van der Waals surface area contributed by atoms with Crippen molar-refractivity contribution in [3.8, 4) is 113 Å². The van der Waals surface area contributed by atoms with E-state index in [1.807, 2.05) is 59.9 Å². The van der Waals surface area contributed by atoms with E-state index in [1.165, 1.54) is 45.0 Å². The molecule has 0 radical (unpaired) electrons. The number of hydrogen-bond donors (Lipinski definition) is 0. The second kappa shape index (κ2) is 24.0. The van der Waals surface area contributed by atoms with Crippen LogP contribution >= 0.6 is 34.0 Å². The molecule has 0 atom stereocenters. The topological polar surface area (TPSA) is 117 Å². The summed E-state index contributed by atoms with van der Waals surface area (Å²) >= 11 is 5.37. The van der Waals surface area contributed by atoms with Gasteiger partial charge in [0.05, 0.1) is 0 Å². The number of para-hydroxylation sites is 2. The van der Waals surface area contributed by atoms with Gasteiger partial charge in [-0.05, 0) is 118 Å². The molecule has 23 rings (SSSR count). The minimum atomic E-state index is 0.520. The van der Waals surface area contributed by atoms with Gasteiger partial charge in [0, 0.05) is 132 Å². The second-order valence-electron chi connectivity index (χ2n) is 27.4. The number of benzene rings is 15. The Hall–Kier alpha value is -13.6. The molecule has 8 heterocycles. The molecule has 12 heteroatoms. The van der Waals surface area contributed by atoms with E-state index in [9.17, 15) is 0 Å². The van der Waals surface area contributed by atoms with E-state index in [-0.39, 0.29) is 0 Å². The van der Waals surface area contributed by atoms with E-state index in [1.54, 1.807) is 22.7 Å². The smallest absolute Gasteiger partial charge is 0.165 e. The molecule has 0 amide bonds. The van der Waals surface area contributed by atoms with Gasteiger partial charge in [0.25, 0.3) is 0 Å². The number of furan rings is 3. The average Bonchev–Trinajstić information content (AvgIpc) is 1.53. The fourth-order valence-corrected chi connectivity index (χ4v) is 19.8. The van der Waals surface area contributed by atoms with Crippen LogP contribution in [0.25, 0.3) is 239 Å². The molecule has 0 spiro atoms. The molecular weight excluding hydrogens is 1380 g/mol. The zero-order chi connectivity index (χ0) is 70.7. The maximum atomic E-state index is 7.14. The van der Waals surface area contributed by atoms with Crippen LogP contribution in [0.2, 0.25) is 0 Å². The highest BCUT2D eigenvalue weighted by Crippen LogP contribution is 2.51. The van der Waals surface area contributed by atoms with Crippen molar-refractivity contribution < 1.29 is 13.3 Å². The highest BCUT2D eigenvalue weighted by molar-refractivity contribution is 7.26. The molecule has 8 aromatic heterocycles. The van der Waals surface area contributed by atoms with Crippen molar-refractivity contribution in [3.63, 3.8) is 0 Å². The average molecular weight is 1430 g/mol. The first-order valence-corrected chi connectivity index (χ1v) is 38.3. The molecule has 0 aliphatic heterocycles. The minimum absolute atomic E-state index is 0.520. The molecule has 0 aliphatic carbocycles. The summed E-state index contributed by atoms with van der Waals surface area (Å²) in [7, 11) is 0. The largest absolute Gasteiger partial charge is 0.456 e. The third kappa shape index (κ3) is 9.61. The van der Waals surface area contributed by atoms with Crippen LogP contribution in [0.3, 0.4) is 0 Å². The quantitative estimate of drug-likeness (QED) is 0.132. The highest BCUT2D eigenvalue weighted by atomic mass is 32.1. The lowest BCUT2D eigenvalue weighted by molar-refractivity contribution is 0.668. The molecule has 0 saturated heterocycles. The molecule has 108 heavy (non-hydrogen) atoms. The SMILES string of the molecule is c1ccc(-c2ccc(-c3nc(-c4c(-c5cccc6c5oc5ccc(-c7ccc8c(c7)sc7cccc(-c9cccc%10oc%11cccc(-c%12nc(-c%13ccccc%13)nc(-c%13ccc%14c(c%13)sc%13ccccc%13%14)n%12)c%11c9%10)c78)cc56)ccc5oc6ccccc6c45)nc(-c4cccc5sc6ccccc6c45)n3)cc2)cc1. The van der Waals surface area contributed by atoms with Crippen LogP contribution in [0.5, 0.6) is 0 Å². The zero-order valence-electron chi connectivity index (χ0n) is 57.2. The monoisotopic (exact) mass is 1430 g/mol. The van der Waals surface area contributed by atoms with Gasteiger partial charge in [0.15, 0.2) is 34.9 Å². The minimum Gasteiger partial charge on any atom is -0.456 e. The predicted octanol–water partition coefficient (Wildman–Crippen LogP) is 27.5. The molecule has 0 fully saturated rings. The summed E-state index contributed by atoms with van der Waals surface area (Å²) in [5, 5.41) is 12.9. The first-order valence-electron chi connectivity index (χ1n) is 35.9. The van der Waals surface area contributed by atoms with Gasteiger partial charge in [-0.25, -0.2) is 29.9 Å². The Morgan fingerprint density at radius 2 is 0.593 bits per heavy atom. The van der Waals surface area contributed by atoms with E-state index in [4.69, 9.17) is 43.2 Å². The van der Waals surface area contributed by atoms with Crippen molar-refractivity contribution in [1.29, 1.82) is 0 Å². The predicted molar refractivity (Wildman–Crippen MR) is 448 cm³/mol. The fraction of sp³-hybridized carbons (Fsp3) is 0. The Balaban J connectivity index is 0.649. The molecule has 0 unspecified atom stereocenters. The summed E-state index contributed by atoms with van der Waals surface area (Å²) < 4.78 is 27.9. The summed E-state index contributed by atoms with van der Waals surface area (Å²) in [5.41, 5.74) is 18.3. The Kier molecular flexibility index (Phi) is 13.5. The Morgan fingerprint density at radius 3 is 1.37 bits per heavy atom. The number of thiophene rings is 3. The van der Waals surface area contributed by atoms with Crippen molar-refractivity contribution in [2.75, 3.05) is 0 Å².